The SMILES string of the molecule is CC(CN)CCC(=O)NCC1CCCOC1. The van der Waals surface area contributed by atoms with Gasteiger partial charge in [-0.1, -0.05) is 6.92 Å². The van der Waals surface area contributed by atoms with Crippen molar-refractivity contribution >= 4 is 5.91 Å². The molecule has 94 valence electrons. The Hall–Kier alpha value is -0.610. The molecule has 1 fully saturated rings. The van der Waals surface area contributed by atoms with Gasteiger partial charge in [0.2, 0.25) is 5.91 Å². The van der Waals surface area contributed by atoms with E-state index in [1.165, 1.54) is 6.42 Å². The fourth-order valence-corrected chi connectivity index (χ4v) is 1.81. The van der Waals surface area contributed by atoms with Crippen molar-refractivity contribution < 1.29 is 9.53 Å². The van der Waals surface area contributed by atoms with Gasteiger partial charge in [0.15, 0.2) is 0 Å². The summed E-state index contributed by atoms with van der Waals surface area (Å²) in [6, 6.07) is 0. The van der Waals surface area contributed by atoms with Gasteiger partial charge in [-0.3, -0.25) is 4.79 Å². The first-order valence-electron chi connectivity index (χ1n) is 6.27. The predicted octanol–water partition coefficient (Wildman–Crippen LogP) is 0.904. The van der Waals surface area contributed by atoms with Crippen LogP contribution in [0.3, 0.4) is 0 Å². The Balaban J connectivity index is 2.05. The molecule has 0 aromatic carbocycles. The predicted molar refractivity (Wildman–Crippen MR) is 64.0 cm³/mol. The molecule has 2 unspecified atom stereocenters. The van der Waals surface area contributed by atoms with Crippen molar-refractivity contribution in [2.24, 2.45) is 17.6 Å². The molecule has 1 aliphatic rings. The molecule has 0 radical (unpaired) electrons. The maximum atomic E-state index is 11.5. The average Bonchev–Trinajstić information content (AvgIpc) is 2.34. The van der Waals surface area contributed by atoms with Crippen LogP contribution in [-0.2, 0) is 9.53 Å². The van der Waals surface area contributed by atoms with Gasteiger partial charge in [0.25, 0.3) is 0 Å². The van der Waals surface area contributed by atoms with E-state index in [0.29, 0.717) is 24.8 Å². The summed E-state index contributed by atoms with van der Waals surface area (Å²) in [6.45, 7) is 5.15. The lowest BCUT2D eigenvalue weighted by Crippen LogP contribution is -2.33. The van der Waals surface area contributed by atoms with Crippen LogP contribution in [0.25, 0.3) is 0 Å². The maximum absolute atomic E-state index is 11.5. The Kier molecular flexibility index (Phi) is 6.42. The normalized spacial score (nSPS) is 22.8. The van der Waals surface area contributed by atoms with Gasteiger partial charge in [-0.2, -0.15) is 0 Å². The molecule has 0 aliphatic carbocycles. The first kappa shape index (κ1) is 13.5. The quantitative estimate of drug-likeness (QED) is 0.710. The van der Waals surface area contributed by atoms with E-state index in [9.17, 15) is 4.79 Å². The number of rotatable bonds is 6. The maximum Gasteiger partial charge on any atom is 0.220 e. The number of nitrogens with two attached hydrogens (primary N) is 1. The standard InChI is InChI=1S/C12H24N2O2/c1-10(7-13)4-5-12(15)14-8-11-3-2-6-16-9-11/h10-11H,2-9,13H2,1H3,(H,14,15). The molecule has 1 amide bonds. The topological polar surface area (TPSA) is 64.4 Å². The second-order valence-corrected chi connectivity index (χ2v) is 4.77. The van der Waals surface area contributed by atoms with Crippen LogP contribution < -0.4 is 11.1 Å². The number of carbonyl (C=O) groups excluding carboxylic acids is 1. The molecule has 0 saturated carbocycles. The fraction of sp³-hybridized carbons (Fsp3) is 0.917. The third kappa shape index (κ3) is 5.47. The van der Waals surface area contributed by atoms with E-state index in [0.717, 1.165) is 32.6 Å². The average molecular weight is 228 g/mol. The van der Waals surface area contributed by atoms with Gasteiger partial charge in [0, 0.05) is 19.6 Å². The first-order chi connectivity index (χ1) is 7.72. The number of carbonyl (C=O) groups is 1. The zero-order chi connectivity index (χ0) is 11.8. The molecular formula is C12H24N2O2. The number of ether oxygens (including phenoxy) is 1. The van der Waals surface area contributed by atoms with Crippen molar-refractivity contribution in [3.8, 4) is 0 Å². The molecule has 1 rings (SSSR count). The van der Waals surface area contributed by atoms with Crippen LogP contribution in [0.2, 0.25) is 0 Å². The molecule has 1 heterocycles. The molecule has 4 heteroatoms. The molecule has 3 N–H and O–H groups in total. The Morgan fingerprint density at radius 1 is 1.62 bits per heavy atom. The van der Waals surface area contributed by atoms with E-state index in [2.05, 4.69) is 12.2 Å². The highest BCUT2D eigenvalue weighted by Gasteiger charge is 2.14. The summed E-state index contributed by atoms with van der Waals surface area (Å²) in [6.07, 6.45) is 3.75. The number of hydrogen-bond donors (Lipinski definition) is 2. The lowest BCUT2D eigenvalue weighted by atomic mass is 10.0. The van der Waals surface area contributed by atoms with Gasteiger partial charge in [-0.25, -0.2) is 0 Å². The van der Waals surface area contributed by atoms with E-state index in [-0.39, 0.29) is 5.91 Å². The van der Waals surface area contributed by atoms with Gasteiger partial charge in [-0.05, 0) is 37.6 Å². The summed E-state index contributed by atoms with van der Waals surface area (Å²) in [5.74, 6) is 1.08. The van der Waals surface area contributed by atoms with E-state index in [1.54, 1.807) is 0 Å². The minimum Gasteiger partial charge on any atom is -0.381 e. The molecule has 0 aromatic rings. The van der Waals surface area contributed by atoms with Crippen LogP contribution >= 0.6 is 0 Å². The van der Waals surface area contributed by atoms with Crippen LogP contribution in [0.4, 0.5) is 0 Å². The largest absolute Gasteiger partial charge is 0.381 e. The summed E-state index contributed by atoms with van der Waals surface area (Å²) in [7, 11) is 0. The zero-order valence-corrected chi connectivity index (χ0v) is 10.2. The molecule has 0 spiro atoms. The van der Waals surface area contributed by atoms with Gasteiger partial charge >= 0.3 is 0 Å². The third-order valence-electron chi connectivity index (χ3n) is 3.11. The van der Waals surface area contributed by atoms with Crippen molar-refractivity contribution in [2.45, 2.75) is 32.6 Å². The summed E-state index contributed by atoms with van der Waals surface area (Å²) < 4.78 is 5.36. The summed E-state index contributed by atoms with van der Waals surface area (Å²) in [5.41, 5.74) is 5.50. The van der Waals surface area contributed by atoms with Crippen molar-refractivity contribution in [3.05, 3.63) is 0 Å². The van der Waals surface area contributed by atoms with Gasteiger partial charge in [-0.15, -0.1) is 0 Å². The molecule has 2 atom stereocenters. The number of nitrogens with one attached hydrogen (secondary N) is 1. The minimum atomic E-state index is 0.144. The van der Waals surface area contributed by atoms with Crippen LogP contribution in [0.1, 0.15) is 32.6 Å². The monoisotopic (exact) mass is 228 g/mol. The van der Waals surface area contributed by atoms with Gasteiger partial charge in [0.1, 0.15) is 0 Å². The van der Waals surface area contributed by atoms with Crippen LogP contribution in [0, 0.1) is 11.8 Å². The van der Waals surface area contributed by atoms with E-state index >= 15 is 0 Å². The molecule has 4 nitrogen and oxygen atoms in total. The van der Waals surface area contributed by atoms with E-state index in [1.807, 2.05) is 0 Å². The molecular weight excluding hydrogens is 204 g/mol. The zero-order valence-electron chi connectivity index (χ0n) is 10.2. The number of hydrogen-bond acceptors (Lipinski definition) is 3. The minimum absolute atomic E-state index is 0.144. The van der Waals surface area contributed by atoms with Gasteiger partial charge in [0.05, 0.1) is 6.61 Å². The summed E-state index contributed by atoms with van der Waals surface area (Å²) in [5, 5.41) is 2.97. The molecule has 0 bridgehead atoms. The summed E-state index contributed by atoms with van der Waals surface area (Å²) >= 11 is 0. The lowest BCUT2D eigenvalue weighted by Gasteiger charge is -2.22. The molecule has 0 aromatic heterocycles. The Bertz CT molecular complexity index is 203. The third-order valence-corrected chi connectivity index (χ3v) is 3.11. The Morgan fingerprint density at radius 3 is 3.06 bits per heavy atom. The second kappa shape index (κ2) is 7.63. The first-order valence-corrected chi connectivity index (χ1v) is 6.27. The van der Waals surface area contributed by atoms with Crippen LogP contribution in [0.15, 0.2) is 0 Å². The fourth-order valence-electron chi connectivity index (χ4n) is 1.81. The smallest absolute Gasteiger partial charge is 0.220 e. The van der Waals surface area contributed by atoms with Crippen molar-refractivity contribution in [3.63, 3.8) is 0 Å². The lowest BCUT2D eigenvalue weighted by molar-refractivity contribution is -0.121. The Labute approximate surface area is 97.9 Å². The number of amides is 1. The second-order valence-electron chi connectivity index (χ2n) is 4.77. The summed E-state index contributed by atoms with van der Waals surface area (Å²) in [4.78, 5) is 11.5. The van der Waals surface area contributed by atoms with Gasteiger partial charge < -0.3 is 15.8 Å². The molecule has 16 heavy (non-hydrogen) atoms. The highest BCUT2D eigenvalue weighted by molar-refractivity contribution is 5.75. The van der Waals surface area contributed by atoms with Crippen molar-refractivity contribution in [1.29, 1.82) is 0 Å². The van der Waals surface area contributed by atoms with E-state index in [4.69, 9.17) is 10.5 Å². The highest BCUT2D eigenvalue weighted by atomic mass is 16.5. The van der Waals surface area contributed by atoms with Crippen molar-refractivity contribution in [2.75, 3.05) is 26.3 Å². The van der Waals surface area contributed by atoms with E-state index < -0.39 is 0 Å². The highest BCUT2D eigenvalue weighted by Crippen LogP contribution is 2.12. The van der Waals surface area contributed by atoms with Crippen molar-refractivity contribution in [1.82, 2.24) is 5.32 Å². The molecule has 1 aliphatic heterocycles. The Morgan fingerprint density at radius 2 is 2.44 bits per heavy atom. The molecule has 1 saturated heterocycles. The van der Waals surface area contributed by atoms with Crippen LogP contribution in [-0.4, -0.2) is 32.2 Å². The van der Waals surface area contributed by atoms with Crippen LogP contribution in [0.5, 0.6) is 0 Å².